The van der Waals surface area contributed by atoms with Crippen LogP contribution in [0.15, 0.2) is 24.5 Å². The highest BCUT2D eigenvalue weighted by atomic mass is 15.1. The fraction of sp³-hybridized carbons (Fsp3) is 0.200. The molecule has 0 spiro atoms. The van der Waals surface area contributed by atoms with Crippen molar-refractivity contribution < 1.29 is 0 Å². The van der Waals surface area contributed by atoms with Crippen molar-refractivity contribution in [1.29, 1.82) is 0 Å². The number of rotatable bonds is 3. The van der Waals surface area contributed by atoms with Crippen LogP contribution in [0.2, 0.25) is 0 Å². The average Bonchev–Trinajstić information content (AvgIpc) is 2.63. The zero-order chi connectivity index (χ0) is 10.7. The van der Waals surface area contributed by atoms with Crippen molar-refractivity contribution in [2.45, 2.75) is 13.5 Å². The molecule has 0 amide bonds. The number of pyridine rings is 1. The fourth-order valence-corrected chi connectivity index (χ4v) is 1.26. The molecule has 0 fully saturated rings. The number of nitrogens with zero attached hydrogens (tertiary/aromatic N) is 2. The first-order valence-corrected chi connectivity index (χ1v) is 4.70. The number of hydrogen-bond donors (Lipinski definition) is 3. The van der Waals surface area contributed by atoms with Gasteiger partial charge in [-0.25, -0.2) is 4.98 Å². The molecule has 0 aliphatic rings. The minimum Gasteiger partial charge on any atom is -0.384 e. The lowest BCUT2D eigenvalue weighted by Crippen LogP contribution is -2.00. The van der Waals surface area contributed by atoms with E-state index in [1.54, 1.807) is 12.3 Å². The monoisotopic (exact) mass is 203 g/mol. The number of nitrogens with one attached hydrogen (secondary N) is 2. The van der Waals surface area contributed by atoms with Gasteiger partial charge in [0.15, 0.2) is 0 Å². The number of nitrogens with two attached hydrogens (primary N) is 1. The first kappa shape index (κ1) is 9.51. The molecule has 5 heteroatoms. The summed E-state index contributed by atoms with van der Waals surface area (Å²) in [6, 6.07) is 3.67. The van der Waals surface area contributed by atoms with Crippen LogP contribution in [0, 0.1) is 6.92 Å². The van der Waals surface area contributed by atoms with Crippen LogP contribution in [-0.2, 0) is 6.54 Å². The largest absolute Gasteiger partial charge is 0.384 e. The lowest BCUT2D eigenvalue weighted by Gasteiger charge is -2.04. The number of aromatic amines is 1. The summed E-state index contributed by atoms with van der Waals surface area (Å²) in [7, 11) is 0. The van der Waals surface area contributed by atoms with Crippen LogP contribution >= 0.6 is 0 Å². The minimum absolute atomic E-state index is 0.528. The van der Waals surface area contributed by atoms with Crippen LogP contribution in [0.3, 0.4) is 0 Å². The smallest absolute Gasteiger partial charge is 0.123 e. The van der Waals surface area contributed by atoms with Crippen molar-refractivity contribution in [2.24, 2.45) is 0 Å². The van der Waals surface area contributed by atoms with Gasteiger partial charge in [0.1, 0.15) is 5.82 Å². The Hall–Kier alpha value is -2.04. The molecule has 2 rings (SSSR count). The summed E-state index contributed by atoms with van der Waals surface area (Å²) in [6.07, 6.45) is 3.53. The van der Waals surface area contributed by atoms with Crippen LogP contribution in [0.5, 0.6) is 0 Å². The normalized spacial score (nSPS) is 10.2. The van der Waals surface area contributed by atoms with Crippen molar-refractivity contribution >= 4 is 11.5 Å². The number of H-pyrrole nitrogens is 1. The van der Waals surface area contributed by atoms with Gasteiger partial charge in [0.2, 0.25) is 0 Å². The van der Waals surface area contributed by atoms with Gasteiger partial charge in [-0.05, 0) is 19.1 Å². The number of hydrogen-bond acceptors (Lipinski definition) is 4. The Morgan fingerprint density at radius 1 is 1.40 bits per heavy atom. The first-order valence-electron chi connectivity index (χ1n) is 4.70. The van der Waals surface area contributed by atoms with Gasteiger partial charge < -0.3 is 11.1 Å². The molecule has 0 aromatic carbocycles. The van der Waals surface area contributed by atoms with Gasteiger partial charge in [0.25, 0.3) is 0 Å². The number of aryl methyl sites for hydroxylation is 1. The van der Waals surface area contributed by atoms with E-state index in [4.69, 9.17) is 5.73 Å². The standard InChI is InChI=1S/C10H13N5/c1-7-8(5-14-15-7)4-12-9-2-3-10(11)13-6-9/h2-3,5-6,12H,4H2,1H3,(H2,11,13)(H,14,15). The molecule has 0 aliphatic carbocycles. The Kier molecular flexibility index (Phi) is 2.53. The van der Waals surface area contributed by atoms with Gasteiger partial charge in [0.05, 0.1) is 18.1 Å². The molecule has 15 heavy (non-hydrogen) atoms. The van der Waals surface area contributed by atoms with Crippen LogP contribution in [-0.4, -0.2) is 15.2 Å². The maximum atomic E-state index is 5.49. The lowest BCUT2D eigenvalue weighted by molar-refractivity contribution is 1.04. The summed E-state index contributed by atoms with van der Waals surface area (Å²) in [5, 5.41) is 10.1. The second-order valence-corrected chi connectivity index (χ2v) is 3.35. The second-order valence-electron chi connectivity index (χ2n) is 3.35. The molecular weight excluding hydrogens is 190 g/mol. The molecule has 0 unspecified atom stereocenters. The molecule has 78 valence electrons. The van der Waals surface area contributed by atoms with E-state index in [1.807, 2.05) is 19.2 Å². The number of nitrogen functional groups attached to an aromatic ring is 1. The summed E-state index contributed by atoms with van der Waals surface area (Å²) in [5.74, 6) is 0.528. The van der Waals surface area contributed by atoms with Crippen LogP contribution in [0.25, 0.3) is 0 Å². The summed E-state index contributed by atoms with van der Waals surface area (Å²) < 4.78 is 0. The molecule has 4 N–H and O–H groups in total. The van der Waals surface area contributed by atoms with Crippen molar-refractivity contribution in [3.63, 3.8) is 0 Å². The SMILES string of the molecule is Cc1[nH]ncc1CNc1ccc(N)nc1. The molecule has 2 aromatic heterocycles. The van der Waals surface area contributed by atoms with E-state index >= 15 is 0 Å². The summed E-state index contributed by atoms with van der Waals surface area (Å²) >= 11 is 0. The molecule has 0 atom stereocenters. The van der Waals surface area contributed by atoms with Crippen LogP contribution < -0.4 is 11.1 Å². The molecule has 0 saturated heterocycles. The third kappa shape index (κ3) is 2.25. The van der Waals surface area contributed by atoms with Crippen molar-refractivity contribution in [3.8, 4) is 0 Å². The van der Waals surface area contributed by atoms with Gasteiger partial charge in [0, 0.05) is 17.8 Å². The van der Waals surface area contributed by atoms with Gasteiger partial charge in [-0.3, -0.25) is 5.10 Å². The maximum Gasteiger partial charge on any atom is 0.123 e. The minimum atomic E-state index is 0.528. The zero-order valence-corrected chi connectivity index (χ0v) is 8.49. The Morgan fingerprint density at radius 3 is 2.87 bits per heavy atom. The molecule has 0 bridgehead atoms. The fourth-order valence-electron chi connectivity index (χ4n) is 1.26. The summed E-state index contributed by atoms with van der Waals surface area (Å²) in [4.78, 5) is 3.99. The van der Waals surface area contributed by atoms with Crippen molar-refractivity contribution in [1.82, 2.24) is 15.2 Å². The van der Waals surface area contributed by atoms with Gasteiger partial charge in [-0.1, -0.05) is 0 Å². The van der Waals surface area contributed by atoms with E-state index in [9.17, 15) is 0 Å². The van der Waals surface area contributed by atoms with Gasteiger partial charge >= 0.3 is 0 Å². The predicted octanol–water partition coefficient (Wildman–Crippen LogP) is 1.31. The highest BCUT2D eigenvalue weighted by Crippen LogP contribution is 2.10. The van der Waals surface area contributed by atoms with E-state index in [0.29, 0.717) is 5.82 Å². The van der Waals surface area contributed by atoms with E-state index in [-0.39, 0.29) is 0 Å². The Balaban J connectivity index is 1.99. The lowest BCUT2D eigenvalue weighted by atomic mass is 10.2. The zero-order valence-electron chi connectivity index (χ0n) is 8.49. The van der Waals surface area contributed by atoms with Crippen molar-refractivity contribution in [2.75, 3.05) is 11.1 Å². The molecule has 0 saturated carbocycles. The van der Waals surface area contributed by atoms with Gasteiger partial charge in [-0.15, -0.1) is 0 Å². The highest BCUT2D eigenvalue weighted by Gasteiger charge is 1.99. The molecule has 0 radical (unpaired) electrons. The van der Waals surface area contributed by atoms with Gasteiger partial charge in [-0.2, -0.15) is 5.10 Å². The molecule has 2 heterocycles. The predicted molar refractivity (Wildman–Crippen MR) is 59.3 cm³/mol. The summed E-state index contributed by atoms with van der Waals surface area (Å²) in [6.45, 7) is 2.72. The first-order chi connectivity index (χ1) is 7.25. The number of anilines is 2. The Bertz CT molecular complexity index is 431. The number of aromatic nitrogens is 3. The molecule has 5 nitrogen and oxygen atoms in total. The third-order valence-electron chi connectivity index (χ3n) is 2.20. The van der Waals surface area contributed by atoms with E-state index in [0.717, 1.165) is 23.5 Å². The quantitative estimate of drug-likeness (QED) is 0.702. The van der Waals surface area contributed by atoms with E-state index in [1.165, 1.54) is 0 Å². The Morgan fingerprint density at radius 2 is 2.27 bits per heavy atom. The Labute approximate surface area is 87.7 Å². The molecule has 0 aliphatic heterocycles. The van der Waals surface area contributed by atoms with Crippen LogP contribution in [0.1, 0.15) is 11.3 Å². The van der Waals surface area contributed by atoms with Crippen LogP contribution in [0.4, 0.5) is 11.5 Å². The molecular formula is C10H13N5. The van der Waals surface area contributed by atoms with E-state index in [2.05, 4.69) is 20.5 Å². The highest BCUT2D eigenvalue weighted by molar-refractivity contribution is 5.45. The van der Waals surface area contributed by atoms with Crippen molar-refractivity contribution in [3.05, 3.63) is 35.8 Å². The average molecular weight is 203 g/mol. The third-order valence-corrected chi connectivity index (χ3v) is 2.20. The van der Waals surface area contributed by atoms with E-state index < -0.39 is 0 Å². The topological polar surface area (TPSA) is 79.6 Å². The molecule has 2 aromatic rings. The summed E-state index contributed by atoms with van der Waals surface area (Å²) in [5.41, 5.74) is 8.66. The maximum absolute atomic E-state index is 5.49. The second kappa shape index (κ2) is 4.00.